The molecule has 1 aliphatic rings. The second-order valence-corrected chi connectivity index (χ2v) is 5.20. The van der Waals surface area contributed by atoms with Gasteiger partial charge in [0.25, 0.3) is 5.91 Å². The lowest BCUT2D eigenvalue weighted by Crippen LogP contribution is -2.43. The van der Waals surface area contributed by atoms with Crippen molar-refractivity contribution < 1.29 is 18.7 Å². The number of aromatic nitrogens is 1. The molecule has 6 heteroatoms. The Balaban J connectivity index is 2.12. The first-order chi connectivity index (χ1) is 10.1. The number of carbonyl (C=O) groups excluding carboxylic acids is 2. The Labute approximate surface area is 122 Å². The minimum Gasteiger partial charge on any atom is -0.469 e. The zero-order valence-electron chi connectivity index (χ0n) is 12.0. The average molecular weight is 294 g/mol. The van der Waals surface area contributed by atoms with Crippen LogP contribution < -0.4 is 5.32 Å². The van der Waals surface area contributed by atoms with Crippen molar-refractivity contribution in [3.63, 3.8) is 0 Å². The van der Waals surface area contributed by atoms with Crippen molar-refractivity contribution in [2.24, 2.45) is 5.92 Å². The summed E-state index contributed by atoms with van der Waals surface area (Å²) in [7, 11) is 1.34. The van der Waals surface area contributed by atoms with Gasteiger partial charge in [-0.3, -0.25) is 14.6 Å². The largest absolute Gasteiger partial charge is 0.469 e. The molecule has 1 fully saturated rings. The number of esters is 1. The van der Waals surface area contributed by atoms with Crippen LogP contribution in [0.25, 0.3) is 0 Å². The van der Waals surface area contributed by atoms with E-state index in [9.17, 15) is 14.0 Å². The molecule has 1 saturated carbocycles. The number of pyridine rings is 1. The summed E-state index contributed by atoms with van der Waals surface area (Å²) >= 11 is 0. The summed E-state index contributed by atoms with van der Waals surface area (Å²) < 4.78 is 18.4. The number of methoxy groups -OCH3 is 1. The third-order valence-corrected chi connectivity index (χ3v) is 3.85. The summed E-state index contributed by atoms with van der Waals surface area (Å²) in [5, 5.41) is 2.77. The van der Waals surface area contributed by atoms with Gasteiger partial charge >= 0.3 is 5.97 Å². The normalized spacial score (nSPS) is 22.2. The lowest BCUT2D eigenvalue weighted by Gasteiger charge is -2.24. The van der Waals surface area contributed by atoms with Crippen molar-refractivity contribution in [2.45, 2.75) is 38.1 Å². The molecule has 114 valence electrons. The van der Waals surface area contributed by atoms with E-state index in [1.807, 2.05) is 0 Å². The first kappa shape index (κ1) is 15.4. The number of rotatable bonds is 3. The molecule has 0 aliphatic heterocycles. The number of hydrogen-bond acceptors (Lipinski definition) is 4. The molecule has 0 radical (unpaired) electrons. The first-order valence-electron chi connectivity index (χ1n) is 7.11. The highest BCUT2D eigenvalue weighted by Gasteiger charge is 2.32. The van der Waals surface area contributed by atoms with Gasteiger partial charge in [-0.05, 0) is 18.9 Å². The van der Waals surface area contributed by atoms with E-state index in [2.05, 4.69) is 10.3 Å². The summed E-state index contributed by atoms with van der Waals surface area (Å²) in [4.78, 5) is 27.6. The van der Waals surface area contributed by atoms with Crippen molar-refractivity contribution in [2.75, 3.05) is 7.11 Å². The maximum absolute atomic E-state index is 13.6. The van der Waals surface area contributed by atoms with Gasteiger partial charge in [0, 0.05) is 12.2 Å². The van der Waals surface area contributed by atoms with Gasteiger partial charge in [0.2, 0.25) is 0 Å². The average Bonchev–Trinajstić information content (AvgIpc) is 2.72. The summed E-state index contributed by atoms with van der Waals surface area (Å²) in [6, 6.07) is 1.01. The smallest absolute Gasteiger partial charge is 0.310 e. The molecule has 1 N–H and O–H groups in total. The lowest BCUT2D eigenvalue weighted by atomic mass is 9.94. The number of halogens is 1. The molecule has 21 heavy (non-hydrogen) atoms. The van der Waals surface area contributed by atoms with E-state index < -0.39 is 11.7 Å². The van der Waals surface area contributed by atoms with Gasteiger partial charge in [-0.2, -0.15) is 0 Å². The first-order valence-corrected chi connectivity index (χ1v) is 7.11. The van der Waals surface area contributed by atoms with Gasteiger partial charge in [-0.1, -0.05) is 19.3 Å². The molecule has 0 unspecified atom stereocenters. The third kappa shape index (κ3) is 3.77. The predicted molar refractivity (Wildman–Crippen MR) is 74.0 cm³/mol. The maximum atomic E-state index is 13.6. The van der Waals surface area contributed by atoms with E-state index >= 15 is 0 Å². The number of ether oxygens (including phenoxy) is 1. The topological polar surface area (TPSA) is 68.3 Å². The fourth-order valence-electron chi connectivity index (χ4n) is 2.72. The molecule has 0 spiro atoms. The lowest BCUT2D eigenvalue weighted by molar-refractivity contribution is -0.146. The molecule has 1 aromatic rings. The Kier molecular flexibility index (Phi) is 5.25. The molecule has 0 aromatic carbocycles. The van der Waals surface area contributed by atoms with Crippen LogP contribution in [0.2, 0.25) is 0 Å². The minimum absolute atomic E-state index is 0.0575. The third-order valence-electron chi connectivity index (χ3n) is 3.85. The Morgan fingerprint density at radius 2 is 2.10 bits per heavy atom. The van der Waals surface area contributed by atoms with E-state index in [-0.39, 0.29) is 23.5 Å². The molecule has 1 aliphatic carbocycles. The second-order valence-electron chi connectivity index (χ2n) is 5.20. The van der Waals surface area contributed by atoms with Gasteiger partial charge in [0.05, 0.1) is 24.8 Å². The summed E-state index contributed by atoms with van der Waals surface area (Å²) in [6.45, 7) is 0. The highest BCUT2D eigenvalue weighted by atomic mass is 19.1. The van der Waals surface area contributed by atoms with Gasteiger partial charge in [0.1, 0.15) is 0 Å². The van der Waals surface area contributed by atoms with Crippen LogP contribution in [-0.4, -0.2) is 30.0 Å². The molecule has 1 amide bonds. The van der Waals surface area contributed by atoms with Crippen molar-refractivity contribution in [3.8, 4) is 0 Å². The highest BCUT2D eigenvalue weighted by molar-refractivity contribution is 5.94. The number of hydrogen-bond donors (Lipinski definition) is 1. The molecule has 1 aromatic heterocycles. The fraction of sp³-hybridized carbons (Fsp3) is 0.533. The van der Waals surface area contributed by atoms with Crippen LogP contribution in [0.15, 0.2) is 18.5 Å². The molecular weight excluding hydrogens is 275 g/mol. The number of nitrogens with zero attached hydrogens (tertiary/aromatic N) is 1. The zero-order chi connectivity index (χ0) is 15.2. The van der Waals surface area contributed by atoms with E-state index in [0.29, 0.717) is 12.8 Å². The van der Waals surface area contributed by atoms with E-state index in [1.54, 1.807) is 0 Å². The standard InChI is InChI=1S/C15H19FN2O3/c1-21-15(20)11-5-3-2-4-6-13(11)18-14(19)10-7-8-17-9-12(10)16/h7-9,11,13H,2-6H2,1H3,(H,18,19)/t11-,13+/m1/s1. The maximum Gasteiger partial charge on any atom is 0.310 e. The summed E-state index contributed by atoms with van der Waals surface area (Å²) in [5.41, 5.74) is -0.0575. The molecular formula is C15H19FN2O3. The molecule has 1 heterocycles. The number of carbonyl (C=O) groups is 2. The monoisotopic (exact) mass is 294 g/mol. The van der Waals surface area contributed by atoms with Gasteiger partial charge in [-0.15, -0.1) is 0 Å². The van der Waals surface area contributed by atoms with Crippen molar-refractivity contribution in [1.29, 1.82) is 0 Å². The van der Waals surface area contributed by atoms with Gasteiger partial charge in [0.15, 0.2) is 5.82 Å². The van der Waals surface area contributed by atoms with Crippen LogP contribution in [0.4, 0.5) is 4.39 Å². The van der Waals surface area contributed by atoms with Crippen LogP contribution in [-0.2, 0) is 9.53 Å². The Hall–Kier alpha value is -1.98. The Bertz CT molecular complexity index is 521. The molecule has 5 nitrogen and oxygen atoms in total. The van der Waals surface area contributed by atoms with E-state index in [0.717, 1.165) is 25.5 Å². The van der Waals surface area contributed by atoms with Crippen LogP contribution in [0.1, 0.15) is 42.5 Å². The second kappa shape index (κ2) is 7.15. The van der Waals surface area contributed by atoms with Crippen LogP contribution >= 0.6 is 0 Å². The van der Waals surface area contributed by atoms with E-state index in [1.165, 1.54) is 19.4 Å². The highest BCUT2D eigenvalue weighted by Crippen LogP contribution is 2.25. The molecule has 2 rings (SSSR count). The SMILES string of the molecule is COC(=O)[C@@H]1CCCCC[C@@H]1NC(=O)c1ccncc1F. The van der Waals surface area contributed by atoms with Crippen molar-refractivity contribution >= 4 is 11.9 Å². The van der Waals surface area contributed by atoms with Crippen molar-refractivity contribution in [1.82, 2.24) is 10.3 Å². The summed E-state index contributed by atoms with van der Waals surface area (Å²) in [6.07, 6.45) is 6.60. The summed E-state index contributed by atoms with van der Waals surface area (Å²) in [5.74, 6) is -1.88. The molecule has 0 saturated heterocycles. The predicted octanol–water partition coefficient (Wildman–Crippen LogP) is 2.07. The van der Waals surface area contributed by atoms with Gasteiger partial charge in [-0.25, -0.2) is 4.39 Å². The zero-order valence-corrected chi connectivity index (χ0v) is 12.0. The Morgan fingerprint density at radius 3 is 2.81 bits per heavy atom. The van der Waals surface area contributed by atoms with Gasteiger partial charge < -0.3 is 10.1 Å². The van der Waals surface area contributed by atoms with E-state index in [4.69, 9.17) is 4.74 Å². The quantitative estimate of drug-likeness (QED) is 0.684. The fourth-order valence-corrected chi connectivity index (χ4v) is 2.72. The number of nitrogens with one attached hydrogen (secondary N) is 1. The van der Waals surface area contributed by atoms with Crippen molar-refractivity contribution in [3.05, 3.63) is 29.8 Å². The van der Waals surface area contributed by atoms with Crippen LogP contribution in [0.5, 0.6) is 0 Å². The minimum atomic E-state index is -0.668. The van der Waals surface area contributed by atoms with Crippen LogP contribution in [0.3, 0.4) is 0 Å². The van der Waals surface area contributed by atoms with Crippen LogP contribution in [0, 0.1) is 11.7 Å². The molecule has 2 atom stereocenters. The Morgan fingerprint density at radius 1 is 1.33 bits per heavy atom. The number of amides is 1. The molecule has 0 bridgehead atoms.